The molecule has 0 heterocycles. The summed E-state index contributed by atoms with van der Waals surface area (Å²) in [6, 6.07) is 0. The summed E-state index contributed by atoms with van der Waals surface area (Å²) in [5.41, 5.74) is 0. The topological polar surface area (TPSA) is 0 Å². The van der Waals surface area contributed by atoms with Gasteiger partial charge in [0.1, 0.15) is 0 Å². The lowest BCUT2D eigenvalue weighted by molar-refractivity contribution is 0.112. The van der Waals surface area contributed by atoms with Crippen LogP contribution in [0.4, 0.5) is 8.78 Å². The molecular formula is C3H4Br2F2. The third-order valence-corrected chi connectivity index (χ3v) is 1.17. The summed E-state index contributed by atoms with van der Waals surface area (Å²) >= 11 is 5.05. The quantitative estimate of drug-likeness (QED) is 0.648. The fourth-order valence-electron chi connectivity index (χ4n) is 0.107. The van der Waals surface area contributed by atoms with Crippen LogP contribution in [0.3, 0.4) is 0 Å². The molecule has 0 aromatic rings. The Kier molecular flexibility index (Phi) is 3.32. The Bertz CT molecular complexity index is 49.4. The molecule has 0 spiro atoms. The predicted octanol–water partition coefficient (Wildman–Crippen LogP) is 2.76. The van der Waals surface area contributed by atoms with Gasteiger partial charge in [0.2, 0.25) is 0 Å². The lowest BCUT2D eigenvalue weighted by Gasteiger charge is -2.01. The highest BCUT2D eigenvalue weighted by Crippen LogP contribution is 2.25. The minimum absolute atomic E-state index is 0.160. The van der Waals surface area contributed by atoms with E-state index in [2.05, 4.69) is 31.9 Å². The summed E-state index contributed by atoms with van der Waals surface area (Å²) in [4.78, 5) is -2.68. The summed E-state index contributed by atoms with van der Waals surface area (Å²) < 4.78 is 23.2. The SMILES string of the molecule is FC(F)(Br)CCBr. The fraction of sp³-hybridized carbons (Fsp3) is 1.00. The number of hydrogen-bond acceptors (Lipinski definition) is 0. The van der Waals surface area contributed by atoms with E-state index in [0.717, 1.165) is 0 Å². The Morgan fingerprint density at radius 1 is 1.43 bits per heavy atom. The van der Waals surface area contributed by atoms with E-state index >= 15 is 0 Å². The highest BCUT2D eigenvalue weighted by Gasteiger charge is 2.21. The van der Waals surface area contributed by atoms with Crippen LogP contribution in [-0.4, -0.2) is 10.2 Å². The van der Waals surface area contributed by atoms with Crippen molar-refractivity contribution < 1.29 is 8.78 Å². The van der Waals surface area contributed by atoms with Gasteiger partial charge in [-0.3, -0.25) is 0 Å². The summed E-state index contributed by atoms with van der Waals surface area (Å²) in [5.74, 6) is 0. The second kappa shape index (κ2) is 2.97. The van der Waals surface area contributed by atoms with Crippen molar-refractivity contribution in [2.45, 2.75) is 11.3 Å². The molecule has 0 radical (unpaired) electrons. The zero-order valence-corrected chi connectivity index (χ0v) is 6.60. The average Bonchev–Trinajstić information content (AvgIpc) is 1.30. The van der Waals surface area contributed by atoms with Crippen molar-refractivity contribution in [2.24, 2.45) is 0 Å². The molecule has 0 unspecified atom stereocenters. The molecule has 44 valence electrons. The van der Waals surface area contributed by atoms with Gasteiger partial charge in [0.05, 0.1) is 0 Å². The van der Waals surface area contributed by atoms with E-state index in [-0.39, 0.29) is 6.42 Å². The number of halogens is 4. The third-order valence-electron chi connectivity index (χ3n) is 0.378. The van der Waals surface area contributed by atoms with Crippen LogP contribution in [0.5, 0.6) is 0 Å². The van der Waals surface area contributed by atoms with Gasteiger partial charge in [-0.2, -0.15) is 8.78 Å². The Hall–Kier alpha value is 0.820. The lowest BCUT2D eigenvalue weighted by Crippen LogP contribution is -2.03. The van der Waals surface area contributed by atoms with Crippen molar-refractivity contribution in [2.75, 3.05) is 5.33 Å². The van der Waals surface area contributed by atoms with E-state index in [1.807, 2.05) is 0 Å². The largest absolute Gasteiger partial charge is 0.302 e. The van der Waals surface area contributed by atoms with E-state index in [0.29, 0.717) is 5.33 Å². The van der Waals surface area contributed by atoms with Crippen molar-refractivity contribution >= 4 is 31.9 Å². The van der Waals surface area contributed by atoms with Gasteiger partial charge in [-0.05, 0) is 15.9 Å². The van der Waals surface area contributed by atoms with Gasteiger partial charge >= 0.3 is 4.83 Å². The maximum atomic E-state index is 11.6. The normalized spacial score (nSPS) is 12.0. The van der Waals surface area contributed by atoms with Crippen LogP contribution in [-0.2, 0) is 0 Å². The van der Waals surface area contributed by atoms with E-state index in [1.54, 1.807) is 0 Å². The van der Waals surface area contributed by atoms with Gasteiger partial charge in [-0.25, -0.2) is 0 Å². The molecule has 0 atom stereocenters. The molecule has 0 saturated carbocycles. The molecule has 7 heavy (non-hydrogen) atoms. The summed E-state index contributed by atoms with van der Waals surface area (Å²) in [6.07, 6.45) is -0.160. The zero-order valence-electron chi connectivity index (χ0n) is 3.43. The smallest absolute Gasteiger partial charge is 0.194 e. The number of hydrogen-bond donors (Lipinski definition) is 0. The molecule has 0 N–H and O–H groups in total. The van der Waals surface area contributed by atoms with E-state index in [9.17, 15) is 8.78 Å². The molecule has 0 amide bonds. The number of alkyl halides is 4. The highest BCUT2D eigenvalue weighted by atomic mass is 79.9. The second-order valence-corrected chi connectivity index (χ2v) is 3.01. The monoisotopic (exact) mass is 236 g/mol. The minimum atomic E-state index is -2.68. The van der Waals surface area contributed by atoms with Crippen LogP contribution >= 0.6 is 31.9 Å². The van der Waals surface area contributed by atoms with Crippen LogP contribution < -0.4 is 0 Å². The maximum absolute atomic E-state index is 11.6. The van der Waals surface area contributed by atoms with Crippen LogP contribution in [0.15, 0.2) is 0 Å². The van der Waals surface area contributed by atoms with Crippen molar-refractivity contribution in [3.05, 3.63) is 0 Å². The van der Waals surface area contributed by atoms with E-state index in [1.165, 1.54) is 0 Å². The zero-order chi connectivity index (χ0) is 5.91. The first kappa shape index (κ1) is 7.82. The third kappa shape index (κ3) is 6.82. The summed E-state index contributed by atoms with van der Waals surface area (Å²) in [6.45, 7) is 0. The Morgan fingerprint density at radius 2 is 1.86 bits per heavy atom. The van der Waals surface area contributed by atoms with Crippen LogP contribution in [0.1, 0.15) is 6.42 Å². The second-order valence-electron chi connectivity index (χ2n) is 1.05. The van der Waals surface area contributed by atoms with Gasteiger partial charge in [0.15, 0.2) is 0 Å². The minimum Gasteiger partial charge on any atom is -0.194 e. The van der Waals surface area contributed by atoms with Crippen molar-refractivity contribution in [1.82, 2.24) is 0 Å². The summed E-state index contributed by atoms with van der Waals surface area (Å²) in [5, 5.41) is 0.325. The van der Waals surface area contributed by atoms with Gasteiger partial charge in [0.25, 0.3) is 0 Å². The molecule has 0 aromatic carbocycles. The van der Waals surface area contributed by atoms with E-state index in [4.69, 9.17) is 0 Å². The van der Waals surface area contributed by atoms with Gasteiger partial charge in [-0.15, -0.1) is 0 Å². The standard InChI is InChI=1S/C3H4Br2F2/c4-2-1-3(5,6)7/h1-2H2. The Labute approximate surface area is 57.5 Å². The molecule has 0 aliphatic carbocycles. The average molecular weight is 238 g/mol. The van der Waals surface area contributed by atoms with Gasteiger partial charge < -0.3 is 0 Å². The summed E-state index contributed by atoms with van der Waals surface area (Å²) in [7, 11) is 0. The predicted molar refractivity (Wildman–Crippen MR) is 32.3 cm³/mol. The molecule has 0 nitrogen and oxygen atoms in total. The molecule has 0 aromatic heterocycles. The Balaban J connectivity index is 3.15. The molecule has 0 aliphatic heterocycles. The molecule has 0 saturated heterocycles. The molecule has 0 aliphatic rings. The van der Waals surface area contributed by atoms with Crippen LogP contribution in [0, 0.1) is 0 Å². The lowest BCUT2D eigenvalue weighted by atomic mass is 10.5. The van der Waals surface area contributed by atoms with Crippen molar-refractivity contribution in [1.29, 1.82) is 0 Å². The molecule has 0 bridgehead atoms. The number of rotatable bonds is 2. The van der Waals surface area contributed by atoms with Gasteiger partial charge in [0, 0.05) is 11.8 Å². The first-order chi connectivity index (χ1) is 3.06. The van der Waals surface area contributed by atoms with Crippen LogP contribution in [0.2, 0.25) is 0 Å². The molecular weight excluding hydrogens is 234 g/mol. The van der Waals surface area contributed by atoms with Crippen molar-refractivity contribution in [3.63, 3.8) is 0 Å². The van der Waals surface area contributed by atoms with E-state index < -0.39 is 4.83 Å². The van der Waals surface area contributed by atoms with Crippen LogP contribution in [0.25, 0.3) is 0 Å². The highest BCUT2D eigenvalue weighted by molar-refractivity contribution is 9.10. The molecule has 0 fully saturated rings. The first-order valence-corrected chi connectivity index (χ1v) is 3.60. The van der Waals surface area contributed by atoms with Crippen molar-refractivity contribution in [3.8, 4) is 0 Å². The fourth-order valence-corrected chi connectivity index (χ4v) is 1.34. The van der Waals surface area contributed by atoms with Gasteiger partial charge in [-0.1, -0.05) is 15.9 Å². The molecule has 0 rings (SSSR count). The maximum Gasteiger partial charge on any atom is 0.302 e. The first-order valence-electron chi connectivity index (χ1n) is 1.69. The Morgan fingerprint density at radius 3 is 1.86 bits per heavy atom. The molecule has 4 heteroatoms.